The van der Waals surface area contributed by atoms with E-state index in [1.165, 1.54) is 5.39 Å². The molecule has 1 heterocycles. The Labute approximate surface area is 117 Å². The highest BCUT2D eigenvalue weighted by atomic mass is 16.5. The minimum atomic E-state index is 0.407. The number of fused-ring (bicyclic) bond motifs is 1. The highest BCUT2D eigenvalue weighted by Crippen LogP contribution is 2.24. The second-order valence-electron chi connectivity index (χ2n) is 4.50. The van der Waals surface area contributed by atoms with Crippen molar-refractivity contribution in [2.75, 3.05) is 6.61 Å². The van der Waals surface area contributed by atoms with Gasteiger partial charge in [-0.3, -0.25) is 0 Å². The summed E-state index contributed by atoms with van der Waals surface area (Å²) in [6.07, 6.45) is 1.84. The molecule has 0 aliphatic carbocycles. The number of aromatic nitrogens is 3. The van der Waals surface area contributed by atoms with Gasteiger partial charge in [-0.05, 0) is 11.5 Å². The molecule has 3 rings (SSSR count). The second-order valence-corrected chi connectivity index (χ2v) is 4.50. The Morgan fingerprint density at radius 2 is 1.95 bits per heavy atom. The van der Waals surface area contributed by atoms with Crippen molar-refractivity contribution in [3.8, 4) is 5.75 Å². The minimum Gasteiger partial charge on any atom is -0.491 e. The van der Waals surface area contributed by atoms with E-state index >= 15 is 0 Å². The molecule has 0 saturated heterocycles. The van der Waals surface area contributed by atoms with E-state index < -0.39 is 0 Å². The molecule has 5 nitrogen and oxygen atoms in total. The van der Waals surface area contributed by atoms with Gasteiger partial charge in [0.2, 0.25) is 0 Å². The average Bonchev–Trinajstić information content (AvgIpc) is 2.95. The van der Waals surface area contributed by atoms with Gasteiger partial charge in [0.1, 0.15) is 12.4 Å². The largest absolute Gasteiger partial charge is 0.491 e. The highest BCUT2D eigenvalue weighted by molar-refractivity contribution is 5.88. The molecule has 0 bridgehead atoms. The van der Waals surface area contributed by atoms with Crippen molar-refractivity contribution in [3.05, 3.63) is 54.4 Å². The quantitative estimate of drug-likeness (QED) is 0.768. The third-order valence-electron chi connectivity index (χ3n) is 3.12. The van der Waals surface area contributed by atoms with E-state index in [4.69, 9.17) is 10.5 Å². The van der Waals surface area contributed by atoms with Gasteiger partial charge < -0.3 is 10.5 Å². The van der Waals surface area contributed by atoms with Crippen LogP contribution in [0.2, 0.25) is 0 Å². The summed E-state index contributed by atoms with van der Waals surface area (Å²) in [7, 11) is 0. The molecule has 0 radical (unpaired) electrons. The van der Waals surface area contributed by atoms with Crippen LogP contribution >= 0.6 is 0 Å². The lowest BCUT2D eigenvalue weighted by Gasteiger charge is -2.09. The molecule has 0 aliphatic heterocycles. The molecular weight excluding hydrogens is 252 g/mol. The van der Waals surface area contributed by atoms with Crippen LogP contribution < -0.4 is 10.5 Å². The monoisotopic (exact) mass is 268 g/mol. The predicted molar refractivity (Wildman–Crippen MR) is 77.4 cm³/mol. The summed E-state index contributed by atoms with van der Waals surface area (Å²) in [5, 5.41) is 10.2. The molecule has 0 unspecified atom stereocenters. The zero-order chi connectivity index (χ0) is 13.8. The maximum atomic E-state index is 5.85. The smallest absolute Gasteiger partial charge is 0.127 e. The Morgan fingerprint density at radius 1 is 1.10 bits per heavy atom. The molecule has 2 N–H and O–H groups in total. The zero-order valence-corrected chi connectivity index (χ0v) is 11.1. The molecule has 3 aromatic rings. The van der Waals surface area contributed by atoms with Gasteiger partial charge in [-0.15, -0.1) is 5.10 Å². The van der Waals surface area contributed by atoms with Gasteiger partial charge in [0.05, 0.1) is 12.2 Å². The van der Waals surface area contributed by atoms with Crippen molar-refractivity contribution in [2.24, 2.45) is 5.73 Å². The topological polar surface area (TPSA) is 66.0 Å². The van der Waals surface area contributed by atoms with E-state index in [9.17, 15) is 0 Å². The van der Waals surface area contributed by atoms with E-state index in [0.717, 1.165) is 16.8 Å². The SMILES string of the molecule is NCc1cn(CCOc2cccc3ccccc23)nn1. The van der Waals surface area contributed by atoms with Crippen LogP contribution in [0.5, 0.6) is 5.75 Å². The normalized spacial score (nSPS) is 10.8. The summed E-state index contributed by atoms with van der Waals surface area (Å²) >= 11 is 0. The van der Waals surface area contributed by atoms with Crippen molar-refractivity contribution in [1.29, 1.82) is 0 Å². The fourth-order valence-corrected chi connectivity index (χ4v) is 2.11. The van der Waals surface area contributed by atoms with Gasteiger partial charge in [0.25, 0.3) is 0 Å². The lowest BCUT2D eigenvalue weighted by Crippen LogP contribution is -2.09. The zero-order valence-electron chi connectivity index (χ0n) is 11.1. The Hall–Kier alpha value is -2.40. The standard InChI is InChI=1S/C15H16N4O/c16-10-13-11-19(18-17-13)8-9-20-15-7-3-5-12-4-1-2-6-14(12)15/h1-7,11H,8-10,16H2. The Kier molecular flexibility index (Phi) is 3.60. The van der Waals surface area contributed by atoms with Crippen molar-refractivity contribution in [3.63, 3.8) is 0 Å². The van der Waals surface area contributed by atoms with E-state index in [1.54, 1.807) is 4.68 Å². The fraction of sp³-hybridized carbons (Fsp3) is 0.200. The molecule has 2 aromatic carbocycles. The van der Waals surface area contributed by atoms with E-state index in [2.05, 4.69) is 28.5 Å². The summed E-state index contributed by atoms with van der Waals surface area (Å²) in [6, 6.07) is 14.2. The number of rotatable bonds is 5. The molecule has 0 atom stereocenters. The molecule has 20 heavy (non-hydrogen) atoms. The summed E-state index contributed by atoms with van der Waals surface area (Å²) in [5.41, 5.74) is 6.29. The van der Waals surface area contributed by atoms with Crippen molar-refractivity contribution >= 4 is 10.8 Å². The molecule has 102 valence electrons. The van der Waals surface area contributed by atoms with Crippen molar-refractivity contribution < 1.29 is 4.74 Å². The third kappa shape index (κ3) is 2.62. The summed E-state index contributed by atoms with van der Waals surface area (Å²) in [6.45, 7) is 1.60. The number of nitrogens with two attached hydrogens (primary N) is 1. The van der Waals surface area contributed by atoms with Crippen LogP contribution in [-0.4, -0.2) is 21.6 Å². The lowest BCUT2D eigenvalue weighted by atomic mass is 10.1. The summed E-state index contributed by atoms with van der Waals surface area (Å²) < 4.78 is 7.59. The van der Waals surface area contributed by atoms with E-state index in [0.29, 0.717) is 19.7 Å². The minimum absolute atomic E-state index is 0.407. The Morgan fingerprint density at radius 3 is 2.80 bits per heavy atom. The average molecular weight is 268 g/mol. The van der Waals surface area contributed by atoms with Crippen LogP contribution in [0.4, 0.5) is 0 Å². The van der Waals surface area contributed by atoms with Gasteiger partial charge >= 0.3 is 0 Å². The number of nitrogens with zero attached hydrogens (tertiary/aromatic N) is 3. The lowest BCUT2D eigenvalue weighted by molar-refractivity contribution is 0.293. The van der Waals surface area contributed by atoms with E-state index in [1.807, 2.05) is 30.5 Å². The van der Waals surface area contributed by atoms with E-state index in [-0.39, 0.29) is 0 Å². The number of benzene rings is 2. The molecule has 0 fully saturated rings. The molecule has 0 saturated carbocycles. The molecule has 0 spiro atoms. The Balaban J connectivity index is 1.68. The van der Waals surface area contributed by atoms with Gasteiger partial charge in [0, 0.05) is 18.1 Å². The molecule has 1 aromatic heterocycles. The first-order chi connectivity index (χ1) is 9.86. The van der Waals surface area contributed by atoms with Gasteiger partial charge in [0.15, 0.2) is 0 Å². The molecule has 0 aliphatic rings. The van der Waals surface area contributed by atoms with Crippen LogP contribution in [0.1, 0.15) is 5.69 Å². The fourth-order valence-electron chi connectivity index (χ4n) is 2.11. The summed E-state index contributed by atoms with van der Waals surface area (Å²) in [4.78, 5) is 0. The molecule has 0 amide bonds. The van der Waals surface area contributed by atoms with Crippen LogP contribution in [0.3, 0.4) is 0 Å². The number of ether oxygens (including phenoxy) is 1. The first kappa shape index (κ1) is 12.6. The Bertz CT molecular complexity index is 702. The first-order valence-electron chi connectivity index (χ1n) is 6.56. The van der Waals surface area contributed by atoms with Crippen LogP contribution in [0.15, 0.2) is 48.7 Å². The van der Waals surface area contributed by atoms with Crippen molar-refractivity contribution in [1.82, 2.24) is 15.0 Å². The van der Waals surface area contributed by atoms with Gasteiger partial charge in [-0.25, -0.2) is 4.68 Å². The first-order valence-corrected chi connectivity index (χ1v) is 6.56. The number of hydrogen-bond acceptors (Lipinski definition) is 4. The van der Waals surface area contributed by atoms with Crippen LogP contribution in [0, 0.1) is 0 Å². The molecular formula is C15H16N4O. The van der Waals surface area contributed by atoms with Gasteiger partial charge in [-0.1, -0.05) is 41.6 Å². The van der Waals surface area contributed by atoms with Crippen LogP contribution in [-0.2, 0) is 13.1 Å². The summed E-state index contributed by atoms with van der Waals surface area (Å²) in [5.74, 6) is 0.891. The van der Waals surface area contributed by atoms with Crippen LogP contribution in [0.25, 0.3) is 10.8 Å². The highest BCUT2D eigenvalue weighted by Gasteiger charge is 2.02. The number of hydrogen-bond donors (Lipinski definition) is 1. The predicted octanol–water partition coefficient (Wildman–Crippen LogP) is 1.97. The van der Waals surface area contributed by atoms with Crippen molar-refractivity contribution in [2.45, 2.75) is 13.1 Å². The third-order valence-corrected chi connectivity index (χ3v) is 3.12. The molecule has 5 heteroatoms. The maximum Gasteiger partial charge on any atom is 0.127 e. The maximum absolute atomic E-state index is 5.85. The van der Waals surface area contributed by atoms with Gasteiger partial charge in [-0.2, -0.15) is 0 Å². The second kappa shape index (κ2) is 5.71.